The standard InChI is InChI=1S/C13H24N4O/c1-9(2)13-15-10(3)7-12(17-13)16-11(8-14)5-6-18-4/h7,9,11H,5-6,8,14H2,1-4H3,(H,15,16,17). The third-order valence-corrected chi connectivity index (χ3v) is 2.69. The van der Waals surface area contributed by atoms with Crippen LogP contribution in [-0.2, 0) is 4.74 Å². The van der Waals surface area contributed by atoms with Crippen molar-refractivity contribution in [3.05, 3.63) is 17.6 Å². The molecule has 0 aromatic carbocycles. The fourth-order valence-electron chi connectivity index (χ4n) is 1.64. The molecule has 0 aliphatic heterocycles. The van der Waals surface area contributed by atoms with Gasteiger partial charge in [0.2, 0.25) is 0 Å². The molecule has 0 saturated heterocycles. The van der Waals surface area contributed by atoms with Crippen LogP contribution in [0, 0.1) is 6.92 Å². The molecule has 0 saturated carbocycles. The van der Waals surface area contributed by atoms with Crippen molar-refractivity contribution in [1.82, 2.24) is 9.97 Å². The number of ether oxygens (including phenoxy) is 1. The second-order valence-corrected chi connectivity index (χ2v) is 4.77. The van der Waals surface area contributed by atoms with Crippen LogP contribution < -0.4 is 11.1 Å². The zero-order valence-corrected chi connectivity index (χ0v) is 11.7. The van der Waals surface area contributed by atoms with Crippen molar-refractivity contribution in [3.63, 3.8) is 0 Å². The number of methoxy groups -OCH3 is 1. The van der Waals surface area contributed by atoms with Gasteiger partial charge in [-0.05, 0) is 13.3 Å². The molecule has 1 unspecified atom stereocenters. The molecule has 1 atom stereocenters. The second-order valence-electron chi connectivity index (χ2n) is 4.77. The molecule has 5 nitrogen and oxygen atoms in total. The molecule has 0 radical (unpaired) electrons. The zero-order valence-electron chi connectivity index (χ0n) is 11.7. The summed E-state index contributed by atoms with van der Waals surface area (Å²) in [4.78, 5) is 8.93. The third-order valence-electron chi connectivity index (χ3n) is 2.69. The fraction of sp³-hybridized carbons (Fsp3) is 0.692. The Kier molecular flexibility index (Phi) is 6.01. The van der Waals surface area contributed by atoms with Gasteiger partial charge in [-0.15, -0.1) is 0 Å². The molecule has 102 valence electrons. The molecule has 1 aromatic heterocycles. The Morgan fingerprint density at radius 3 is 2.67 bits per heavy atom. The zero-order chi connectivity index (χ0) is 13.5. The van der Waals surface area contributed by atoms with Crippen LogP contribution in [0.15, 0.2) is 6.07 Å². The lowest BCUT2D eigenvalue weighted by Crippen LogP contribution is -2.30. The van der Waals surface area contributed by atoms with Crippen LogP contribution in [0.2, 0.25) is 0 Å². The normalized spacial score (nSPS) is 12.8. The van der Waals surface area contributed by atoms with E-state index in [1.54, 1.807) is 7.11 Å². The summed E-state index contributed by atoms with van der Waals surface area (Å²) in [6, 6.07) is 2.13. The number of rotatable bonds is 7. The Balaban J connectivity index is 2.75. The number of hydrogen-bond acceptors (Lipinski definition) is 5. The SMILES string of the molecule is COCCC(CN)Nc1cc(C)nc(C(C)C)n1. The fourth-order valence-corrected chi connectivity index (χ4v) is 1.64. The van der Waals surface area contributed by atoms with Gasteiger partial charge in [0.25, 0.3) is 0 Å². The summed E-state index contributed by atoms with van der Waals surface area (Å²) >= 11 is 0. The van der Waals surface area contributed by atoms with Crippen molar-refractivity contribution in [2.75, 3.05) is 25.6 Å². The van der Waals surface area contributed by atoms with Gasteiger partial charge in [-0.25, -0.2) is 9.97 Å². The molecule has 0 aliphatic rings. The van der Waals surface area contributed by atoms with Gasteiger partial charge < -0.3 is 15.8 Å². The predicted octanol–water partition coefficient (Wildman–Crippen LogP) is 1.68. The van der Waals surface area contributed by atoms with Gasteiger partial charge in [-0.1, -0.05) is 13.8 Å². The Hall–Kier alpha value is -1.20. The van der Waals surface area contributed by atoms with E-state index < -0.39 is 0 Å². The van der Waals surface area contributed by atoms with Crippen molar-refractivity contribution in [2.45, 2.75) is 39.2 Å². The number of aromatic nitrogens is 2. The molecule has 1 aromatic rings. The lowest BCUT2D eigenvalue weighted by atomic mass is 10.2. The molecule has 0 amide bonds. The summed E-state index contributed by atoms with van der Waals surface area (Å²) in [7, 11) is 1.69. The summed E-state index contributed by atoms with van der Waals surface area (Å²) in [5, 5.41) is 3.34. The molecule has 0 aliphatic carbocycles. The van der Waals surface area contributed by atoms with E-state index in [1.807, 2.05) is 13.0 Å². The quantitative estimate of drug-likeness (QED) is 0.772. The van der Waals surface area contributed by atoms with E-state index >= 15 is 0 Å². The first-order valence-electron chi connectivity index (χ1n) is 6.38. The average Bonchev–Trinajstić information content (AvgIpc) is 2.33. The Bertz CT molecular complexity index is 368. The summed E-state index contributed by atoms with van der Waals surface area (Å²) < 4.78 is 5.07. The largest absolute Gasteiger partial charge is 0.385 e. The Labute approximate surface area is 109 Å². The first-order valence-corrected chi connectivity index (χ1v) is 6.38. The van der Waals surface area contributed by atoms with Gasteiger partial charge in [0.05, 0.1) is 0 Å². The number of nitrogens with two attached hydrogens (primary N) is 1. The van der Waals surface area contributed by atoms with Crippen LogP contribution in [-0.4, -0.2) is 36.3 Å². The molecule has 18 heavy (non-hydrogen) atoms. The van der Waals surface area contributed by atoms with Gasteiger partial charge in [-0.3, -0.25) is 0 Å². The Morgan fingerprint density at radius 2 is 2.11 bits per heavy atom. The van der Waals surface area contributed by atoms with Crippen LogP contribution >= 0.6 is 0 Å². The average molecular weight is 252 g/mol. The molecule has 0 bridgehead atoms. The van der Waals surface area contributed by atoms with Crippen LogP contribution in [0.1, 0.15) is 37.7 Å². The highest BCUT2D eigenvalue weighted by atomic mass is 16.5. The number of anilines is 1. The van der Waals surface area contributed by atoms with Gasteiger partial charge in [0, 0.05) is 44.0 Å². The van der Waals surface area contributed by atoms with Crippen molar-refractivity contribution in [3.8, 4) is 0 Å². The maximum absolute atomic E-state index is 5.74. The number of nitrogens with zero attached hydrogens (tertiary/aromatic N) is 2. The van der Waals surface area contributed by atoms with E-state index in [4.69, 9.17) is 10.5 Å². The molecule has 1 rings (SSSR count). The topological polar surface area (TPSA) is 73.1 Å². The van der Waals surface area contributed by atoms with E-state index in [-0.39, 0.29) is 6.04 Å². The predicted molar refractivity (Wildman–Crippen MR) is 73.8 cm³/mol. The number of hydrogen-bond donors (Lipinski definition) is 2. The Morgan fingerprint density at radius 1 is 1.39 bits per heavy atom. The van der Waals surface area contributed by atoms with Gasteiger partial charge in [-0.2, -0.15) is 0 Å². The maximum atomic E-state index is 5.74. The highest BCUT2D eigenvalue weighted by Gasteiger charge is 2.10. The summed E-state index contributed by atoms with van der Waals surface area (Å²) in [6.07, 6.45) is 0.868. The van der Waals surface area contributed by atoms with Crippen molar-refractivity contribution in [2.24, 2.45) is 5.73 Å². The summed E-state index contributed by atoms with van der Waals surface area (Å²) in [5.41, 5.74) is 6.71. The lowest BCUT2D eigenvalue weighted by Gasteiger charge is -2.18. The highest BCUT2D eigenvalue weighted by Crippen LogP contribution is 2.14. The maximum Gasteiger partial charge on any atom is 0.133 e. The third kappa shape index (κ3) is 4.58. The minimum Gasteiger partial charge on any atom is -0.385 e. The molecular formula is C13H24N4O. The van der Waals surface area contributed by atoms with E-state index in [2.05, 4.69) is 29.1 Å². The highest BCUT2D eigenvalue weighted by molar-refractivity contribution is 5.37. The lowest BCUT2D eigenvalue weighted by molar-refractivity contribution is 0.190. The first kappa shape index (κ1) is 14.9. The van der Waals surface area contributed by atoms with E-state index in [1.165, 1.54) is 0 Å². The summed E-state index contributed by atoms with van der Waals surface area (Å²) in [5.74, 6) is 2.03. The smallest absolute Gasteiger partial charge is 0.133 e. The molecule has 3 N–H and O–H groups in total. The van der Waals surface area contributed by atoms with Crippen molar-refractivity contribution < 1.29 is 4.74 Å². The minimum atomic E-state index is 0.180. The van der Waals surface area contributed by atoms with E-state index in [0.717, 1.165) is 23.8 Å². The first-order chi connectivity index (χ1) is 8.56. The molecule has 0 fully saturated rings. The molecule has 0 spiro atoms. The van der Waals surface area contributed by atoms with Crippen LogP contribution in [0.3, 0.4) is 0 Å². The van der Waals surface area contributed by atoms with Crippen molar-refractivity contribution in [1.29, 1.82) is 0 Å². The van der Waals surface area contributed by atoms with Gasteiger partial charge in [0.1, 0.15) is 11.6 Å². The van der Waals surface area contributed by atoms with Gasteiger partial charge in [0.15, 0.2) is 0 Å². The number of nitrogens with one attached hydrogen (secondary N) is 1. The van der Waals surface area contributed by atoms with Crippen molar-refractivity contribution >= 4 is 5.82 Å². The molecular weight excluding hydrogens is 228 g/mol. The van der Waals surface area contributed by atoms with Crippen LogP contribution in [0.5, 0.6) is 0 Å². The van der Waals surface area contributed by atoms with Crippen LogP contribution in [0.25, 0.3) is 0 Å². The summed E-state index contributed by atoms with van der Waals surface area (Å²) in [6.45, 7) is 7.40. The molecule has 5 heteroatoms. The second kappa shape index (κ2) is 7.28. The van der Waals surface area contributed by atoms with E-state index in [0.29, 0.717) is 19.1 Å². The minimum absolute atomic E-state index is 0.180. The van der Waals surface area contributed by atoms with Crippen LogP contribution in [0.4, 0.5) is 5.82 Å². The monoisotopic (exact) mass is 252 g/mol. The molecule has 1 heterocycles. The van der Waals surface area contributed by atoms with E-state index in [9.17, 15) is 0 Å². The van der Waals surface area contributed by atoms with Gasteiger partial charge >= 0.3 is 0 Å². The number of aryl methyl sites for hydroxylation is 1.